The third-order valence-corrected chi connectivity index (χ3v) is 3.79. The molecule has 108 valence electrons. The summed E-state index contributed by atoms with van der Waals surface area (Å²) < 4.78 is 12.8. The first-order chi connectivity index (χ1) is 9.15. The SMILES string of the molecule is CC(F)CN(C)CCCCC1=NC2=C(CCCN2)C1. The maximum Gasteiger partial charge on any atom is 0.125 e. The van der Waals surface area contributed by atoms with E-state index in [0.717, 1.165) is 44.6 Å². The Hall–Kier alpha value is -0.900. The van der Waals surface area contributed by atoms with Crippen LogP contribution in [0.15, 0.2) is 16.4 Å². The predicted octanol–water partition coefficient (Wildman–Crippen LogP) is 2.89. The molecule has 1 N–H and O–H groups in total. The highest BCUT2D eigenvalue weighted by atomic mass is 19.1. The summed E-state index contributed by atoms with van der Waals surface area (Å²) in [7, 11) is 1.99. The smallest absolute Gasteiger partial charge is 0.125 e. The maximum absolute atomic E-state index is 12.8. The number of hydrogen-bond donors (Lipinski definition) is 1. The summed E-state index contributed by atoms with van der Waals surface area (Å²) in [6.07, 6.45) is 6.18. The summed E-state index contributed by atoms with van der Waals surface area (Å²) in [4.78, 5) is 6.76. The van der Waals surface area contributed by atoms with E-state index in [1.165, 1.54) is 24.1 Å². The van der Waals surface area contributed by atoms with Crippen molar-refractivity contribution in [2.24, 2.45) is 4.99 Å². The Labute approximate surface area is 116 Å². The van der Waals surface area contributed by atoms with E-state index >= 15 is 0 Å². The summed E-state index contributed by atoms with van der Waals surface area (Å²) in [5.41, 5.74) is 2.84. The fourth-order valence-electron chi connectivity index (χ4n) is 2.86. The second kappa shape index (κ2) is 7.04. The fourth-order valence-corrected chi connectivity index (χ4v) is 2.86. The minimum Gasteiger partial charge on any atom is -0.370 e. The molecule has 0 aliphatic carbocycles. The van der Waals surface area contributed by atoms with Gasteiger partial charge in [0.05, 0.1) is 0 Å². The van der Waals surface area contributed by atoms with E-state index < -0.39 is 6.17 Å². The minimum atomic E-state index is -0.730. The van der Waals surface area contributed by atoms with Crippen LogP contribution >= 0.6 is 0 Å². The number of nitrogens with one attached hydrogen (secondary N) is 1. The topological polar surface area (TPSA) is 27.6 Å². The first-order valence-electron chi connectivity index (χ1n) is 7.50. The standard InChI is InChI=1S/C15H26FN3/c1-12(16)11-19(2)9-4-3-7-14-10-13-6-5-8-17-15(13)18-14/h12,17H,3-11H2,1-2H3. The summed E-state index contributed by atoms with van der Waals surface area (Å²) >= 11 is 0. The van der Waals surface area contributed by atoms with E-state index in [0.29, 0.717) is 6.54 Å². The second-order valence-corrected chi connectivity index (χ2v) is 5.84. The van der Waals surface area contributed by atoms with Crippen molar-refractivity contribution in [3.05, 3.63) is 11.4 Å². The molecular weight excluding hydrogens is 241 g/mol. The predicted molar refractivity (Wildman–Crippen MR) is 78.2 cm³/mol. The molecule has 2 aliphatic heterocycles. The van der Waals surface area contributed by atoms with Crippen LogP contribution < -0.4 is 5.32 Å². The Morgan fingerprint density at radius 1 is 1.42 bits per heavy atom. The molecule has 1 atom stereocenters. The van der Waals surface area contributed by atoms with Gasteiger partial charge in [0.1, 0.15) is 12.0 Å². The molecule has 0 radical (unpaired) electrons. The number of nitrogens with zero attached hydrogens (tertiary/aromatic N) is 2. The van der Waals surface area contributed by atoms with Crippen LogP contribution in [0.3, 0.4) is 0 Å². The number of aliphatic imine (C=N–C) groups is 1. The zero-order chi connectivity index (χ0) is 13.7. The molecule has 0 bridgehead atoms. The molecule has 0 fully saturated rings. The lowest BCUT2D eigenvalue weighted by atomic mass is 10.0. The Balaban J connectivity index is 1.60. The van der Waals surface area contributed by atoms with E-state index in [9.17, 15) is 4.39 Å². The average molecular weight is 267 g/mol. The Morgan fingerprint density at radius 2 is 2.26 bits per heavy atom. The third-order valence-electron chi connectivity index (χ3n) is 3.79. The van der Waals surface area contributed by atoms with Crippen molar-refractivity contribution in [1.29, 1.82) is 0 Å². The minimum absolute atomic E-state index is 0.542. The number of halogens is 1. The monoisotopic (exact) mass is 267 g/mol. The average Bonchev–Trinajstić information content (AvgIpc) is 2.76. The Morgan fingerprint density at radius 3 is 3.00 bits per heavy atom. The largest absolute Gasteiger partial charge is 0.370 e. The Bertz CT molecular complexity index is 360. The third kappa shape index (κ3) is 4.60. The highest BCUT2D eigenvalue weighted by Gasteiger charge is 2.19. The summed E-state index contributed by atoms with van der Waals surface area (Å²) in [5.74, 6) is 1.16. The van der Waals surface area contributed by atoms with Gasteiger partial charge in [-0.25, -0.2) is 9.38 Å². The molecule has 0 spiro atoms. The molecule has 2 aliphatic rings. The zero-order valence-electron chi connectivity index (χ0n) is 12.2. The number of rotatable bonds is 7. The highest BCUT2D eigenvalue weighted by molar-refractivity contribution is 5.90. The molecule has 3 nitrogen and oxygen atoms in total. The molecule has 1 unspecified atom stereocenters. The van der Waals surface area contributed by atoms with Gasteiger partial charge in [0.2, 0.25) is 0 Å². The van der Waals surface area contributed by atoms with Gasteiger partial charge in [0.25, 0.3) is 0 Å². The van der Waals surface area contributed by atoms with Gasteiger partial charge in [-0.2, -0.15) is 0 Å². The van der Waals surface area contributed by atoms with Crippen LogP contribution in [0.4, 0.5) is 4.39 Å². The summed E-state index contributed by atoms with van der Waals surface area (Å²) in [5, 5.41) is 3.38. The number of alkyl halides is 1. The van der Waals surface area contributed by atoms with Crippen LogP contribution in [-0.4, -0.2) is 43.5 Å². The van der Waals surface area contributed by atoms with Gasteiger partial charge in [-0.3, -0.25) is 0 Å². The van der Waals surface area contributed by atoms with Gasteiger partial charge in [-0.1, -0.05) is 0 Å². The van der Waals surface area contributed by atoms with Crippen molar-refractivity contribution < 1.29 is 4.39 Å². The van der Waals surface area contributed by atoms with Crippen molar-refractivity contribution in [3.8, 4) is 0 Å². The van der Waals surface area contributed by atoms with Gasteiger partial charge < -0.3 is 10.2 Å². The van der Waals surface area contributed by atoms with Crippen LogP contribution in [0, 0.1) is 0 Å². The van der Waals surface area contributed by atoms with Crippen LogP contribution in [-0.2, 0) is 0 Å². The fraction of sp³-hybridized carbons (Fsp3) is 0.800. The molecule has 0 saturated heterocycles. The van der Waals surface area contributed by atoms with E-state index in [4.69, 9.17) is 0 Å². The van der Waals surface area contributed by atoms with Gasteiger partial charge in [0, 0.05) is 25.2 Å². The van der Waals surface area contributed by atoms with Crippen LogP contribution in [0.25, 0.3) is 0 Å². The van der Waals surface area contributed by atoms with Crippen LogP contribution in [0.1, 0.15) is 45.4 Å². The van der Waals surface area contributed by atoms with Gasteiger partial charge >= 0.3 is 0 Å². The molecular formula is C15H26FN3. The summed E-state index contributed by atoms with van der Waals surface area (Å²) in [6, 6.07) is 0. The molecule has 0 aromatic heterocycles. The maximum atomic E-state index is 12.8. The first-order valence-corrected chi connectivity index (χ1v) is 7.50. The van der Waals surface area contributed by atoms with Gasteiger partial charge in [-0.05, 0) is 58.2 Å². The lowest BCUT2D eigenvalue weighted by Crippen LogP contribution is -2.26. The zero-order valence-corrected chi connectivity index (χ0v) is 12.2. The van der Waals surface area contributed by atoms with Crippen molar-refractivity contribution in [1.82, 2.24) is 10.2 Å². The lowest BCUT2D eigenvalue weighted by Gasteiger charge is -2.16. The molecule has 19 heavy (non-hydrogen) atoms. The molecule has 2 rings (SSSR count). The number of allylic oxidation sites excluding steroid dienone is 1. The van der Waals surface area contributed by atoms with Crippen molar-refractivity contribution in [2.75, 3.05) is 26.7 Å². The van der Waals surface area contributed by atoms with Gasteiger partial charge in [0.15, 0.2) is 0 Å². The van der Waals surface area contributed by atoms with Crippen molar-refractivity contribution >= 4 is 5.71 Å². The molecule has 0 aromatic rings. The van der Waals surface area contributed by atoms with E-state index in [1.54, 1.807) is 6.92 Å². The molecule has 0 saturated carbocycles. The van der Waals surface area contributed by atoms with Crippen molar-refractivity contribution in [2.45, 2.75) is 51.6 Å². The second-order valence-electron chi connectivity index (χ2n) is 5.84. The number of unbranched alkanes of at least 4 members (excludes halogenated alkanes) is 1. The molecule has 0 aromatic carbocycles. The van der Waals surface area contributed by atoms with E-state index in [1.807, 2.05) is 7.05 Å². The molecule has 2 heterocycles. The summed E-state index contributed by atoms with van der Waals surface area (Å²) in [6.45, 7) is 4.21. The van der Waals surface area contributed by atoms with Crippen LogP contribution in [0.5, 0.6) is 0 Å². The van der Waals surface area contributed by atoms with E-state index in [2.05, 4.69) is 15.2 Å². The quantitative estimate of drug-likeness (QED) is 0.718. The Kier molecular flexibility index (Phi) is 5.37. The van der Waals surface area contributed by atoms with Crippen molar-refractivity contribution in [3.63, 3.8) is 0 Å². The van der Waals surface area contributed by atoms with Gasteiger partial charge in [-0.15, -0.1) is 0 Å². The first kappa shape index (κ1) is 14.5. The highest BCUT2D eigenvalue weighted by Crippen LogP contribution is 2.26. The molecule has 0 amide bonds. The van der Waals surface area contributed by atoms with Crippen LogP contribution in [0.2, 0.25) is 0 Å². The molecule has 4 heteroatoms. The van der Waals surface area contributed by atoms with E-state index in [-0.39, 0.29) is 0 Å². The lowest BCUT2D eigenvalue weighted by molar-refractivity contribution is 0.232. The normalized spacial score (nSPS) is 20.3. The number of hydrogen-bond acceptors (Lipinski definition) is 3.